The highest BCUT2D eigenvalue weighted by molar-refractivity contribution is 5.74. The van der Waals surface area contributed by atoms with Crippen molar-refractivity contribution < 1.29 is 14.6 Å². The Morgan fingerprint density at radius 2 is 1.77 bits per heavy atom. The van der Waals surface area contributed by atoms with E-state index in [2.05, 4.69) is 27.1 Å². The van der Waals surface area contributed by atoms with E-state index in [-0.39, 0.29) is 18.2 Å². The molecular weight excluding hydrogens is 494 g/mol. The first-order valence-corrected chi connectivity index (χ1v) is 13.7. The topological polar surface area (TPSA) is 94.6 Å². The van der Waals surface area contributed by atoms with Gasteiger partial charge in [-0.25, -0.2) is 9.67 Å². The minimum Gasteiger partial charge on any atom is -0.490 e. The quantitative estimate of drug-likeness (QED) is 0.392. The van der Waals surface area contributed by atoms with E-state index in [1.165, 1.54) is 16.5 Å². The summed E-state index contributed by atoms with van der Waals surface area (Å²) in [7, 11) is 0. The van der Waals surface area contributed by atoms with Gasteiger partial charge in [0.25, 0.3) is 5.56 Å². The summed E-state index contributed by atoms with van der Waals surface area (Å²) in [5, 5.41) is 16.2. The van der Waals surface area contributed by atoms with Crippen LogP contribution in [0.1, 0.15) is 36.8 Å². The van der Waals surface area contributed by atoms with Gasteiger partial charge in [-0.2, -0.15) is 5.10 Å². The number of fused-ring (bicyclic) bond motifs is 1. The molecule has 9 heteroatoms. The predicted octanol–water partition coefficient (Wildman–Crippen LogP) is 3.48. The summed E-state index contributed by atoms with van der Waals surface area (Å²) >= 11 is 0. The third kappa shape index (κ3) is 5.75. The van der Waals surface area contributed by atoms with E-state index in [4.69, 9.17) is 9.47 Å². The molecule has 2 aromatic heterocycles. The van der Waals surface area contributed by atoms with Crippen LogP contribution >= 0.6 is 0 Å². The van der Waals surface area contributed by atoms with Crippen molar-refractivity contribution in [1.29, 1.82) is 0 Å². The van der Waals surface area contributed by atoms with Crippen LogP contribution in [-0.4, -0.2) is 67.3 Å². The number of benzene rings is 2. The highest BCUT2D eigenvalue weighted by Gasteiger charge is 2.33. The second-order valence-corrected chi connectivity index (χ2v) is 10.9. The highest BCUT2D eigenvalue weighted by Crippen LogP contribution is 2.26. The maximum atomic E-state index is 13.2. The van der Waals surface area contributed by atoms with E-state index in [0.29, 0.717) is 23.9 Å². The lowest BCUT2D eigenvalue weighted by Crippen LogP contribution is -2.47. The highest BCUT2D eigenvalue weighted by atomic mass is 16.5. The lowest BCUT2D eigenvalue weighted by Gasteiger charge is -2.38. The molecule has 4 aromatic rings. The number of aliphatic hydroxyl groups is 1. The van der Waals surface area contributed by atoms with Gasteiger partial charge in [0, 0.05) is 32.5 Å². The van der Waals surface area contributed by atoms with Crippen molar-refractivity contribution >= 4 is 11.0 Å². The summed E-state index contributed by atoms with van der Waals surface area (Å²) in [6.07, 6.45) is 6.38. The van der Waals surface area contributed by atoms with E-state index in [1.807, 2.05) is 43.3 Å². The van der Waals surface area contributed by atoms with Crippen molar-refractivity contribution in [2.75, 3.05) is 26.3 Å². The van der Waals surface area contributed by atoms with E-state index in [9.17, 15) is 9.90 Å². The number of likely N-dealkylation sites (tertiary alicyclic amines) is 1. The van der Waals surface area contributed by atoms with Gasteiger partial charge in [-0.1, -0.05) is 29.8 Å². The molecule has 0 spiro atoms. The third-order valence-electron chi connectivity index (χ3n) is 7.89. The number of hydrogen-bond acceptors (Lipinski definition) is 7. The van der Waals surface area contributed by atoms with E-state index >= 15 is 0 Å². The molecular formula is C30H35N5O4. The van der Waals surface area contributed by atoms with Crippen LogP contribution in [0.15, 0.2) is 65.8 Å². The molecule has 39 heavy (non-hydrogen) atoms. The summed E-state index contributed by atoms with van der Waals surface area (Å²) in [6, 6.07) is 16.2. The fourth-order valence-electron chi connectivity index (χ4n) is 5.46. The van der Waals surface area contributed by atoms with Crippen molar-refractivity contribution in [1.82, 2.24) is 24.2 Å². The number of piperidine rings is 1. The van der Waals surface area contributed by atoms with Crippen LogP contribution in [0.3, 0.4) is 0 Å². The Bertz CT molecular complexity index is 1460. The van der Waals surface area contributed by atoms with Gasteiger partial charge in [0.15, 0.2) is 5.65 Å². The number of nitrogens with zero attached hydrogens (tertiary/aromatic N) is 5. The largest absolute Gasteiger partial charge is 0.490 e. The Labute approximate surface area is 227 Å². The summed E-state index contributed by atoms with van der Waals surface area (Å²) in [4.78, 5) is 20.1. The van der Waals surface area contributed by atoms with Crippen LogP contribution in [0.5, 0.6) is 5.75 Å². The second-order valence-electron chi connectivity index (χ2n) is 10.9. The fourth-order valence-corrected chi connectivity index (χ4v) is 5.46. The first-order valence-electron chi connectivity index (χ1n) is 13.7. The van der Waals surface area contributed by atoms with Gasteiger partial charge in [0.2, 0.25) is 0 Å². The van der Waals surface area contributed by atoms with Crippen LogP contribution in [0, 0.1) is 6.92 Å². The normalized spacial score (nSPS) is 18.4. The Hall–Kier alpha value is -3.53. The molecule has 1 N–H and O–H groups in total. The smallest absolute Gasteiger partial charge is 0.264 e. The summed E-state index contributed by atoms with van der Waals surface area (Å²) in [5.74, 6) is 0.902. The minimum absolute atomic E-state index is 0.183. The Balaban J connectivity index is 1.06. The Morgan fingerprint density at radius 3 is 2.49 bits per heavy atom. The molecule has 6 rings (SSSR count). The molecule has 0 unspecified atom stereocenters. The van der Waals surface area contributed by atoms with Gasteiger partial charge < -0.3 is 14.6 Å². The molecule has 0 saturated carbocycles. The molecule has 204 valence electrons. The predicted molar refractivity (Wildman–Crippen MR) is 148 cm³/mol. The van der Waals surface area contributed by atoms with Crippen molar-refractivity contribution in [2.45, 2.75) is 57.4 Å². The van der Waals surface area contributed by atoms with Gasteiger partial charge in [-0.3, -0.25) is 14.3 Å². The standard InChI is InChI=1S/C30H35N5O4/c1-22-2-6-24(7-3-22)35-28-27(18-32-35)29(36)34(21-31-28)20-30(37)12-14-33(15-13-30)19-23-4-8-25(9-5-23)39-26-10-16-38-17-11-26/h2-9,18,21,26,37H,10-17,19-20H2,1H3. The van der Waals surface area contributed by atoms with E-state index in [1.54, 1.807) is 10.9 Å². The summed E-state index contributed by atoms with van der Waals surface area (Å²) in [5.41, 5.74) is 2.61. The number of hydrogen-bond donors (Lipinski definition) is 1. The summed E-state index contributed by atoms with van der Waals surface area (Å²) < 4.78 is 14.7. The Morgan fingerprint density at radius 1 is 1.05 bits per heavy atom. The molecule has 2 fully saturated rings. The SMILES string of the molecule is Cc1ccc(-n2ncc3c(=O)n(CC4(O)CCN(Cc5ccc(OC6CCOCC6)cc5)CC4)cnc32)cc1. The lowest BCUT2D eigenvalue weighted by molar-refractivity contribution is -0.0364. The lowest BCUT2D eigenvalue weighted by atomic mass is 9.91. The van der Waals surface area contributed by atoms with Crippen molar-refractivity contribution in [3.63, 3.8) is 0 Å². The van der Waals surface area contributed by atoms with Gasteiger partial charge in [-0.05, 0) is 49.6 Å². The van der Waals surface area contributed by atoms with Gasteiger partial charge >= 0.3 is 0 Å². The maximum Gasteiger partial charge on any atom is 0.264 e. The Kier molecular flexibility index (Phi) is 7.20. The number of ether oxygens (including phenoxy) is 2. The van der Waals surface area contributed by atoms with E-state index in [0.717, 1.165) is 62.7 Å². The average molecular weight is 530 g/mol. The zero-order valence-corrected chi connectivity index (χ0v) is 22.3. The fraction of sp³-hybridized carbons (Fsp3) is 0.433. The van der Waals surface area contributed by atoms with Crippen molar-refractivity contribution in [2.24, 2.45) is 0 Å². The molecule has 2 aliphatic heterocycles. The molecule has 9 nitrogen and oxygen atoms in total. The van der Waals surface area contributed by atoms with Crippen LogP contribution in [0.25, 0.3) is 16.7 Å². The molecule has 2 aromatic carbocycles. The molecule has 0 atom stereocenters. The minimum atomic E-state index is -0.954. The van der Waals surface area contributed by atoms with Gasteiger partial charge in [0.1, 0.15) is 23.6 Å². The second kappa shape index (κ2) is 10.9. The number of rotatable bonds is 7. The molecule has 0 radical (unpaired) electrons. The monoisotopic (exact) mass is 529 g/mol. The molecule has 0 aliphatic carbocycles. The summed E-state index contributed by atoms with van der Waals surface area (Å²) in [6.45, 7) is 6.11. The van der Waals surface area contributed by atoms with Crippen molar-refractivity contribution in [3.05, 3.63) is 82.5 Å². The molecule has 0 bridgehead atoms. The molecule has 2 saturated heterocycles. The number of aromatic nitrogens is 4. The average Bonchev–Trinajstić information content (AvgIpc) is 3.39. The first kappa shape index (κ1) is 25.7. The van der Waals surface area contributed by atoms with Crippen molar-refractivity contribution in [3.8, 4) is 11.4 Å². The van der Waals surface area contributed by atoms with Gasteiger partial charge in [-0.15, -0.1) is 0 Å². The number of aryl methyl sites for hydroxylation is 1. The van der Waals surface area contributed by atoms with Crippen LogP contribution in [0.4, 0.5) is 0 Å². The van der Waals surface area contributed by atoms with Crippen LogP contribution in [-0.2, 0) is 17.8 Å². The van der Waals surface area contributed by atoms with Gasteiger partial charge in [0.05, 0.1) is 37.2 Å². The third-order valence-corrected chi connectivity index (χ3v) is 7.89. The zero-order valence-electron chi connectivity index (χ0n) is 22.3. The molecule has 2 aliphatic rings. The molecule has 4 heterocycles. The zero-order chi connectivity index (χ0) is 26.8. The van der Waals surface area contributed by atoms with Crippen LogP contribution < -0.4 is 10.3 Å². The molecule has 0 amide bonds. The first-order chi connectivity index (χ1) is 19.0. The van der Waals surface area contributed by atoms with Crippen LogP contribution in [0.2, 0.25) is 0 Å². The van der Waals surface area contributed by atoms with E-state index < -0.39 is 5.60 Å². The maximum absolute atomic E-state index is 13.2.